The monoisotopic (exact) mass is 218 g/mol. The molecule has 82 valence electrons. The lowest BCUT2D eigenvalue weighted by Gasteiger charge is -1.93. The number of carbonyl (C=O) groups is 1. The Bertz CT molecular complexity index is 479. The highest BCUT2D eigenvalue weighted by molar-refractivity contribution is 5.84. The standard InChI is InChI=1S/C11H10N2O3/c1-2-15-11(14)10-12-9(13-16-10)8-6-4-3-5-7-8/h3-7H,2H2,1H3. The molecule has 0 unspecified atom stereocenters. The van der Waals surface area contributed by atoms with Crippen LogP contribution in [0.1, 0.15) is 17.6 Å². The van der Waals surface area contributed by atoms with E-state index in [1.165, 1.54) is 0 Å². The molecule has 1 aromatic heterocycles. The van der Waals surface area contributed by atoms with Gasteiger partial charge in [0.1, 0.15) is 0 Å². The molecule has 0 N–H and O–H groups in total. The Kier molecular flexibility index (Phi) is 2.95. The van der Waals surface area contributed by atoms with Crippen LogP contribution in [0.4, 0.5) is 0 Å². The molecule has 1 heterocycles. The molecule has 0 bridgehead atoms. The van der Waals surface area contributed by atoms with Gasteiger partial charge in [0, 0.05) is 5.56 Å². The van der Waals surface area contributed by atoms with Crippen molar-refractivity contribution in [2.45, 2.75) is 6.92 Å². The van der Waals surface area contributed by atoms with E-state index in [0.29, 0.717) is 5.82 Å². The number of aromatic nitrogens is 2. The average Bonchev–Trinajstić information content (AvgIpc) is 2.80. The second-order valence-corrected chi connectivity index (χ2v) is 3.01. The van der Waals surface area contributed by atoms with Crippen molar-refractivity contribution in [1.82, 2.24) is 10.1 Å². The number of hydrogen-bond acceptors (Lipinski definition) is 5. The molecular formula is C11H10N2O3. The smallest absolute Gasteiger partial charge is 0.397 e. The third-order valence-electron chi connectivity index (χ3n) is 1.91. The summed E-state index contributed by atoms with van der Waals surface area (Å²) in [6, 6.07) is 9.26. The molecule has 5 heteroatoms. The van der Waals surface area contributed by atoms with Gasteiger partial charge in [-0.3, -0.25) is 0 Å². The fourth-order valence-electron chi connectivity index (χ4n) is 1.20. The first kappa shape index (κ1) is 10.4. The zero-order valence-corrected chi connectivity index (χ0v) is 8.71. The Balaban J connectivity index is 2.23. The second-order valence-electron chi connectivity index (χ2n) is 3.01. The molecule has 16 heavy (non-hydrogen) atoms. The first-order chi connectivity index (χ1) is 7.81. The molecule has 0 aliphatic heterocycles. The summed E-state index contributed by atoms with van der Waals surface area (Å²) in [4.78, 5) is 15.2. The van der Waals surface area contributed by atoms with E-state index in [2.05, 4.69) is 10.1 Å². The van der Waals surface area contributed by atoms with E-state index in [-0.39, 0.29) is 12.5 Å². The Morgan fingerprint density at radius 3 is 2.81 bits per heavy atom. The van der Waals surface area contributed by atoms with Crippen LogP contribution in [-0.2, 0) is 4.74 Å². The summed E-state index contributed by atoms with van der Waals surface area (Å²) in [6.07, 6.45) is 0. The van der Waals surface area contributed by atoms with Gasteiger partial charge in [-0.15, -0.1) is 0 Å². The predicted octanol–water partition coefficient (Wildman–Crippen LogP) is 1.91. The van der Waals surface area contributed by atoms with Gasteiger partial charge in [0.25, 0.3) is 0 Å². The highest BCUT2D eigenvalue weighted by atomic mass is 16.6. The van der Waals surface area contributed by atoms with Gasteiger partial charge in [-0.05, 0) is 6.92 Å². The molecule has 0 aliphatic rings. The normalized spacial score (nSPS) is 10.1. The van der Waals surface area contributed by atoms with E-state index in [4.69, 9.17) is 9.26 Å². The molecule has 5 nitrogen and oxygen atoms in total. The summed E-state index contributed by atoms with van der Waals surface area (Å²) < 4.78 is 9.54. The number of esters is 1. The summed E-state index contributed by atoms with van der Waals surface area (Å²) in [7, 11) is 0. The Labute approximate surface area is 92.0 Å². The van der Waals surface area contributed by atoms with Gasteiger partial charge in [-0.25, -0.2) is 4.79 Å². The number of carbonyl (C=O) groups excluding carboxylic acids is 1. The van der Waals surface area contributed by atoms with Gasteiger partial charge in [-0.2, -0.15) is 4.98 Å². The molecule has 0 saturated carbocycles. The van der Waals surface area contributed by atoms with Gasteiger partial charge in [0.2, 0.25) is 5.82 Å². The third kappa shape index (κ3) is 2.08. The molecule has 0 spiro atoms. The molecular weight excluding hydrogens is 208 g/mol. The van der Waals surface area contributed by atoms with Crippen LogP contribution < -0.4 is 0 Å². The molecule has 0 atom stereocenters. The van der Waals surface area contributed by atoms with Crippen molar-refractivity contribution in [3.8, 4) is 11.4 Å². The summed E-state index contributed by atoms with van der Waals surface area (Å²) in [5.74, 6) is -0.346. The Morgan fingerprint density at radius 1 is 1.38 bits per heavy atom. The van der Waals surface area contributed by atoms with Crippen LogP contribution in [0.5, 0.6) is 0 Å². The fraction of sp³-hybridized carbons (Fsp3) is 0.182. The SMILES string of the molecule is CCOC(=O)c1nc(-c2ccccc2)no1. The van der Waals surface area contributed by atoms with E-state index < -0.39 is 5.97 Å². The molecule has 2 rings (SSSR count). The van der Waals surface area contributed by atoms with E-state index in [1.807, 2.05) is 30.3 Å². The minimum Gasteiger partial charge on any atom is -0.459 e. The lowest BCUT2D eigenvalue weighted by atomic mass is 10.2. The number of ether oxygens (including phenoxy) is 1. The van der Waals surface area contributed by atoms with Gasteiger partial charge in [0.15, 0.2) is 0 Å². The van der Waals surface area contributed by atoms with Crippen molar-refractivity contribution >= 4 is 5.97 Å². The molecule has 0 amide bonds. The van der Waals surface area contributed by atoms with Gasteiger partial charge >= 0.3 is 11.9 Å². The first-order valence-electron chi connectivity index (χ1n) is 4.87. The summed E-state index contributed by atoms with van der Waals surface area (Å²) in [5, 5.41) is 3.70. The van der Waals surface area contributed by atoms with Crippen LogP contribution in [0, 0.1) is 0 Å². The van der Waals surface area contributed by atoms with Crippen molar-refractivity contribution in [2.75, 3.05) is 6.61 Å². The fourth-order valence-corrected chi connectivity index (χ4v) is 1.20. The second kappa shape index (κ2) is 4.57. The highest BCUT2D eigenvalue weighted by Gasteiger charge is 2.16. The van der Waals surface area contributed by atoms with Gasteiger partial charge in [-0.1, -0.05) is 35.5 Å². The lowest BCUT2D eigenvalue weighted by molar-refractivity contribution is 0.0470. The molecule has 0 radical (unpaired) electrons. The van der Waals surface area contributed by atoms with Crippen molar-refractivity contribution < 1.29 is 14.1 Å². The van der Waals surface area contributed by atoms with Crippen LogP contribution in [-0.4, -0.2) is 22.7 Å². The molecule has 2 aromatic rings. The number of nitrogens with zero attached hydrogens (tertiary/aromatic N) is 2. The number of benzene rings is 1. The average molecular weight is 218 g/mol. The Morgan fingerprint density at radius 2 is 2.12 bits per heavy atom. The molecule has 0 saturated heterocycles. The van der Waals surface area contributed by atoms with E-state index in [9.17, 15) is 4.79 Å². The van der Waals surface area contributed by atoms with Crippen molar-refractivity contribution in [2.24, 2.45) is 0 Å². The third-order valence-corrected chi connectivity index (χ3v) is 1.91. The van der Waals surface area contributed by atoms with Crippen molar-refractivity contribution in [1.29, 1.82) is 0 Å². The topological polar surface area (TPSA) is 65.2 Å². The predicted molar refractivity (Wildman–Crippen MR) is 55.7 cm³/mol. The van der Waals surface area contributed by atoms with Crippen LogP contribution in [0.25, 0.3) is 11.4 Å². The van der Waals surface area contributed by atoms with Gasteiger partial charge in [0.05, 0.1) is 6.61 Å². The first-order valence-corrected chi connectivity index (χ1v) is 4.87. The lowest BCUT2D eigenvalue weighted by Crippen LogP contribution is -2.04. The largest absolute Gasteiger partial charge is 0.459 e. The number of rotatable bonds is 3. The highest BCUT2D eigenvalue weighted by Crippen LogP contribution is 2.14. The maximum atomic E-state index is 11.3. The molecule has 0 fully saturated rings. The summed E-state index contributed by atoms with van der Waals surface area (Å²) in [6.45, 7) is 1.99. The Hall–Kier alpha value is -2.17. The van der Waals surface area contributed by atoms with Crippen molar-refractivity contribution in [3.05, 3.63) is 36.2 Å². The molecule has 0 aliphatic carbocycles. The van der Waals surface area contributed by atoms with Crippen LogP contribution in [0.3, 0.4) is 0 Å². The maximum Gasteiger partial charge on any atom is 0.397 e. The minimum atomic E-state index is -0.600. The van der Waals surface area contributed by atoms with E-state index >= 15 is 0 Å². The van der Waals surface area contributed by atoms with E-state index in [1.54, 1.807) is 6.92 Å². The summed E-state index contributed by atoms with van der Waals surface area (Å²) >= 11 is 0. The summed E-state index contributed by atoms with van der Waals surface area (Å²) in [5.41, 5.74) is 0.793. The molecule has 1 aromatic carbocycles. The zero-order valence-electron chi connectivity index (χ0n) is 8.71. The van der Waals surface area contributed by atoms with Crippen molar-refractivity contribution in [3.63, 3.8) is 0 Å². The zero-order chi connectivity index (χ0) is 11.4. The van der Waals surface area contributed by atoms with Gasteiger partial charge < -0.3 is 9.26 Å². The van der Waals surface area contributed by atoms with Crippen LogP contribution in [0.15, 0.2) is 34.9 Å². The maximum absolute atomic E-state index is 11.3. The van der Waals surface area contributed by atoms with Crippen LogP contribution in [0.2, 0.25) is 0 Å². The minimum absolute atomic E-state index is 0.124. The quantitative estimate of drug-likeness (QED) is 0.736. The van der Waals surface area contributed by atoms with E-state index in [0.717, 1.165) is 5.56 Å². The number of hydrogen-bond donors (Lipinski definition) is 0. The van der Waals surface area contributed by atoms with Crippen LogP contribution >= 0.6 is 0 Å².